The van der Waals surface area contributed by atoms with Crippen LogP contribution in [-0.4, -0.2) is 18.8 Å². The van der Waals surface area contributed by atoms with E-state index in [-0.39, 0.29) is 17.6 Å². The molecule has 0 heterocycles. The molecule has 0 spiro atoms. The van der Waals surface area contributed by atoms with Gasteiger partial charge in [0, 0.05) is 6.04 Å². The Balaban J connectivity index is 2.53. The molecule has 0 aliphatic heterocycles. The molecule has 0 fully saturated rings. The van der Waals surface area contributed by atoms with E-state index in [1.54, 1.807) is 0 Å². The minimum absolute atomic E-state index is 0.0767. The van der Waals surface area contributed by atoms with Crippen molar-refractivity contribution in [3.05, 3.63) is 35.4 Å². The zero-order valence-corrected chi connectivity index (χ0v) is 12.4. The highest BCUT2D eigenvalue weighted by molar-refractivity contribution is 5.27. The second-order valence-corrected chi connectivity index (χ2v) is 6.29. The Kier molecular flexibility index (Phi) is 5.36. The topological polar surface area (TPSA) is 35.2 Å². The van der Waals surface area contributed by atoms with Crippen LogP contribution in [0.5, 0.6) is 0 Å². The lowest BCUT2D eigenvalue weighted by Gasteiger charge is -2.20. The van der Waals surface area contributed by atoms with Gasteiger partial charge in [-0.1, -0.05) is 45.0 Å². The second-order valence-electron chi connectivity index (χ2n) is 6.29. The van der Waals surface area contributed by atoms with E-state index in [2.05, 4.69) is 45.0 Å². The van der Waals surface area contributed by atoms with E-state index in [4.69, 9.17) is 10.5 Å². The number of hydrogen-bond donors (Lipinski definition) is 1. The molecule has 0 amide bonds. The maximum atomic E-state index is 6.05. The van der Waals surface area contributed by atoms with E-state index in [1.807, 2.05) is 13.8 Å². The summed E-state index contributed by atoms with van der Waals surface area (Å²) < 4.78 is 5.53. The summed E-state index contributed by atoms with van der Waals surface area (Å²) in [6, 6.07) is 8.83. The van der Waals surface area contributed by atoms with Crippen molar-refractivity contribution in [1.29, 1.82) is 0 Å². The average molecular weight is 249 g/mol. The van der Waals surface area contributed by atoms with Gasteiger partial charge in [0.1, 0.15) is 0 Å². The van der Waals surface area contributed by atoms with Crippen LogP contribution in [0.4, 0.5) is 0 Å². The molecular formula is C16H27NO. The van der Waals surface area contributed by atoms with E-state index in [1.165, 1.54) is 11.1 Å². The molecule has 0 bridgehead atoms. The van der Waals surface area contributed by atoms with Crippen molar-refractivity contribution in [2.75, 3.05) is 6.61 Å². The third-order valence-corrected chi connectivity index (χ3v) is 2.96. The molecule has 1 unspecified atom stereocenters. The highest BCUT2D eigenvalue weighted by Crippen LogP contribution is 2.22. The van der Waals surface area contributed by atoms with Crippen molar-refractivity contribution in [3.63, 3.8) is 0 Å². The number of hydrogen-bond acceptors (Lipinski definition) is 2. The van der Waals surface area contributed by atoms with Crippen LogP contribution < -0.4 is 5.73 Å². The molecule has 0 radical (unpaired) electrons. The molecule has 1 aromatic rings. The van der Waals surface area contributed by atoms with Crippen LogP contribution in [0.1, 0.15) is 45.7 Å². The average Bonchev–Trinajstić information content (AvgIpc) is 2.26. The largest absolute Gasteiger partial charge is 0.377 e. The second kappa shape index (κ2) is 6.35. The zero-order valence-electron chi connectivity index (χ0n) is 12.4. The van der Waals surface area contributed by atoms with Gasteiger partial charge in [-0.15, -0.1) is 0 Å². The lowest BCUT2D eigenvalue weighted by molar-refractivity contribution is 0.0684. The van der Waals surface area contributed by atoms with E-state index < -0.39 is 0 Å². The molecule has 0 saturated heterocycles. The molecule has 2 N–H and O–H groups in total. The first kappa shape index (κ1) is 15.2. The molecule has 18 heavy (non-hydrogen) atoms. The molecule has 102 valence electrons. The Labute approximate surface area is 112 Å². The van der Waals surface area contributed by atoms with Gasteiger partial charge in [0.05, 0.1) is 12.7 Å². The van der Waals surface area contributed by atoms with Gasteiger partial charge in [-0.25, -0.2) is 0 Å². The first-order chi connectivity index (χ1) is 8.29. The fraction of sp³-hybridized carbons (Fsp3) is 0.625. The molecule has 0 aromatic heterocycles. The van der Waals surface area contributed by atoms with Crippen LogP contribution in [-0.2, 0) is 16.6 Å². The quantitative estimate of drug-likeness (QED) is 0.869. The van der Waals surface area contributed by atoms with Crippen molar-refractivity contribution in [1.82, 2.24) is 0 Å². The van der Waals surface area contributed by atoms with E-state index >= 15 is 0 Å². The van der Waals surface area contributed by atoms with Crippen molar-refractivity contribution < 1.29 is 4.74 Å². The molecule has 1 rings (SSSR count). The number of benzene rings is 1. The zero-order chi connectivity index (χ0) is 13.8. The smallest absolute Gasteiger partial charge is 0.0624 e. The van der Waals surface area contributed by atoms with Gasteiger partial charge < -0.3 is 10.5 Å². The molecule has 0 aliphatic carbocycles. The fourth-order valence-corrected chi connectivity index (χ4v) is 1.82. The number of rotatable bonds is 5. The Morgan fingerprint density at radius 3 is 2.11 bits per heavy atom. The minimum atomic E-state index is 0.0767. The summed E-state index contributed by atoms with van der Waals surface area (Å²) in [5.41, 5.74) is 8.90. The first-order valence-electron chi connectivity index (χ1n) is 6.75. The van der Waals surface area contributed by atoms with Gasteiger partial charge in [0.25, 0.3) is 0 Å². The van der Waals surface area contributed by atoms with Crippen molar-refractivity contribution in [2.45, 2.75) is 58.6 Å². The highest BCUT2D eigenvalue weighted by atomic mass is 16.5. The fourth-order valence-electron chi connectivity index (χ4n) is 1.82. The summed E-state index contributed by atoms with van der Waals surface area (Å²) in [5, 5.41) is 0. The third kappa shape index (κ3) is 5.19. The van der Waals surface area contributed by atoms with Crippen molar-refractivity contribution in [3.8, 4) is 0 Å². The van der Waals surface area contributed by atoms with Crippen molar-refractivity contribution in [2.24, 2.45) is 5.73 Å². The van der Waals surface area contributed by atoms with Crippen LogP contribution in [0, 0.1) is 0 Å². The monoisotopic (exact) mass is 249 g/mol. The SMILES string of the molecule is CC(C)OCC(N)Cc1ccc(C(C)(C)C)cc1. The van der Waals surface area contributed by atoms with Crippen LogP contribution in [0.2, 0.25) is 0 Å². The molecule has 0 aliphatic rings. The van der Waals surface area contributed by atoms with Gasteiger partial charge >= 0.3 is 0 Å². The first-order valence-corrected chi connectivity index (χ1v) is 6.75. The van der Waals surface area contributed by atoms with Gasteiger partial charge in [-0.05, 0) is 36.8 Å². The number of nitrogens with two attached hydrogens (primary N) is 1. The minimum Gasteiger partial charge on any atom is -0.377 e. The van der Waals surface area contributed by atoms with Crippen LogP contribution >= 0.6 is 0 Å². The molecule has 1 aromatic carbocycles. The predicted molar refractivity (Wildman–Crippen MR) is 77.9 cm³/mol. The maximum Gasteiger partial charge on any atom is 0.0624 e. The maximum absolute atomic E-state index is 6.05. The third-order valence-electron chi connectivity index (χ3n) is 2.96. The molecule has 2 heteroatoms. The summed E-state index contributed by atoms with van der Waals surface area (Å²) in [6.45, 7) is 11.4. The van der Waals surface area contributed by atoms with E-state index in [0.717, 1.165) is 6.42 Å². The van der Waals surface area contributed by atoms with Crippen LogP contribution in [0.15, 0.2) is 24.3 Å². The molecule has 1 atom stereocenters. The van der Waals surface area contributed by atoms with Crippen LogP contribution in [0.25, 0.3) is 0 Å². The van der Waals surface area contributed by atoms with E-state index in [9.17, 15) is 0 Å². The Hall–Kier alpha value is -0.860. The standard InChI is InChI=1S/C16H27NO/c1-12(2)18-11-15(17)10-13-6-8-14(9-7-13)16(3,4)5/h6-9,12,15H,10-11,17H2,1-5H3. The Morgan fingerprint density at radius 1 is 1.11 bits per heavy atom. The lowest BCUT2D eigenvalue weighted by Crippen LogP contribution is -2.30. The lowest BCUT2D eigenvalue weighted by atomic mass is 9.86. The van der Waals surface area contributed by atoms with Gasteiger partial charge in [-0.3, -0.25) is 0 Å². The highest BCUT2D eigenvalue weighted by Gasteiger charge is 2.13. The number of ether oxygens (including phenoxy) is 1. The molecular weight excluding hydrogens is 222 g/mol. The predicted octanol–water partition coefficient (Wildman–Crippen LogP) is 3.28. The normalized spacial score (nSPS) is 13.9. The van der Waals surface area contributed by atoms with Gasteiger partial charge in [0.2, 0.25) is 0 Å². The van der Waals surface area contributed by atoms with Gasteiger partial charge in [0.15, 0.2) is 0 Å². The Bertz CT molecular complexity index is 348. The molecule has 0 saturated carbocycles. The Morgan fingerprint density at radius 2 is 1.67 bits per heavy atom. The van der Waals surface area contributed by atoms with Gasteiger partial charge in [-0.2, -0.15) is 0 Å². The summed E-state index contributed by atoms with van der Waals surface area (Å²) in [7, 11) is 0. The summed E-state index contributed by atoms with van der Waals surface area (Å²) in [5.74, 6) is 0. The summed E-state index contributed by atoms with van der Waals surface area (Å²) in [6.07, 6.45) is 1.12. The van der Waals surface area contributed by atoms with Crippen LogP contribution in [0.3, 0.4) is 0 Å². The van der Waals surface area contributed by atoms with E-state index in [0.29, 0.717) is 6.61 Å². The summed E-state index contributed by atoms with van der Waals surface area (Å²) >= 11 is 0. The molecule has 2 nitrogen and oxygen atoms in total. The summed E-state index contributed by atoms with van der Waals surface area (Å²) in [4.78, 5) is 0. The van der Waals surface area contributed by atoms with Crippen molar-refractivity contribution >= 4 is 0 Å².